The highest BCUT2D eigenvalue weighted by molar-refractivity contribution is 9.11. The van der Waals surface area contributed by atoms with E-state index in [0.717, 1.165) is 0 Å². The highest BCUT2D eigenvalue weighted by Gasteiger charge is 2.17. The maximum absolute atomic E-state index is 10.5. The van der Waals surface area contributed by atoms with Crippen molar-refractivity contribution in [3.63, 3.8) is 0 Å². The predicted molar refractivity (Wildman–Crippen MR) is 34.4 cm³/mol. The van der Waals surface area contributed by atoms with Crippen LogP contribution in [0.15, 0.2) is 10.2 Å². The first kappa shape index (κ1) is 6.77. The molecule has 1 N–H and O–H groups in total. The van der Waals surface area contributed by atoms with Crippen LogP contribution in [-0.4, -0.2) is 24.1 Å². The van der Waals surface area contributed by atoms with Crippen LogP contribution >= 0.6 is 15.9 Å². The normalized spacial score (nSPS) is 20.8. The molecule has 50 valence electrons. The Morgan fingerprint density at radius 3 is 2.67 bits per heavy atom. The van der Waals surface area contributed by atoms with Crippen LogP contribution in [0.2, 0.25) is 0 Å². The standard InChI is InChI=1S/C5H5BrO3/c6-3-1-9-2-4(7)5(3)8/h8H,1-2H2. The maximum atomic E-state index is 10.5. The summed E-state index contributed by atoms with van der Waals surface area (Å²) in [6.45, 7) is 0.276. The van der Waals surface area contributed by atoms with Gasteiger partial charge < -0.3 is 9.84 Å². The highest BCUT2D eigenvalue weighted by Crippen LogP contribution is 2.15. The van der Waals surface area contributed by atoms with Gasteiger partial charge in [-0.1, -0.05) is 0 Å². The number of halogens is 1. The molecule has 0 fully saturated rings. The fraction of sp³-hybridized carbons (Fsp3) is 0.400. The van der Waals surface area contributed by atoms with Crippen molar-refractivity contribution >= 4 is 21.7 Å². The van der Waals surface area contributed by atoms with E-state index >= 15 is 0 Å². The van der Waals surface area contributed by atoms with Crippen molar-refractivity contribution in [1.82, 2.24) is 0 Å². The molecule has 0 aromatic carbocycles. The van der Waals surface area contributed by atoms with Crippen LogP contribution in [0.25, 0.3) is 0 Å². The zero-order valence-electron chi connectivity index (χ0n) is 4.56. The minimum atomic E-state index is -0.367. The number of rotatable bonds is 0. The first-order valence-corrected chi connectivity index (χ1v) is 3.19. The van der Waals surface area contributed by atoms with E-state index in [2.05, 4.69) is 15.9 Å². The summed E-state index contributed by atoms with van der Waals surface area (Å²) < 4.78 is 5.18. The summed E-state index contributed by atoms with van der Waals surface area (Å²) in [6.07, 6.45) is 0. The lowest BCUT2D eigenvalue weighted by atomic mass is 10.3. The third kappa shape index (κ3) is 1.31. The summed E-state index contributed by atoms with van der Waals surface area (Å²) >= 11 is 2.98. The first-order valence-electron chi connectivity index (χ1n) is 2.40. The zero-order chi connectivity index (χ0) is 6.85. The van der Waals surface area contributed by atoms with Gasteiger partial charge in [0.1, 0.15) is 6.61 Å². The molecule has 0 amide bonds. The van der Waals surface area contributed by atoms with Gasteiger partial charge in [-0.2, -0.15) is 0 Å². The second-order valence-corrected chi connectivity index (χ2v) is 2.63. The monoisotopic (exact) mass is 192 g/mol. The van der Waals surface area contributed by atoms with Gasteiger partial charge in [-0.25, -0.2) is 0 Å². The molecular formula is C5H5BrO3. The van der Waals surface area contributed by atoms with E-state index in [1.807, 2.05) is 0 Å². The molecule has 0 bridgehead atoms. The number of aliphatic hydroxyl groups excluding tert-OH is 1. The molecule has 0 spiro atoms. The minimum absolute atomic E-state index is 0.0130. The maximum Gasteiger partial charge on any atom is 0.223 e. The van der Waals surface area contributed by atoms with Crippen LogP contribution in [0.5, 0.6) is 0 Å². The number of Topliss-reactive ketones (excluding diaryl/α,β-unsaturated/α-hetero) is 1. The number of ketones is 1. The number of carbonyl (C=O) groups is 1. The predicted octanol–water partition coefficient (Wildman–Crippen LogP) is 0.750. The van der Waals surface area contributed by atoms with Crippen molar-refractivity contribution in [3.05, 3.63) is 10.2 Å². The molecule has 0 aromatic heterocycles. The van der Waals surface area contributed by atoms with Gasteiger partial charge in [0.05, 0.1) is 11.1 Å². The molecule has 4 heteroatoms. The molecule has 9 heavy (non-hydrogen) atoms. The van der Waals surface area contributed by atoms with Gasteiger partial charge in [0.25, 0.3) is 0 Å². The Kier molecular flexibility index (Phi) is 1.87. The Morgan fingerprint density at radius 1 is 1.56 bits per heavy atom. The van der Waals surface area contributed by atoms with Crippen molar-refractivity contribution in [3.8, 4) is 0 Å². The SMILES string of the molecule is O=C1COCC(Br)=C1O. The smallest absolute Gasteiger partial charge is 0.223 e. The largest absolute Gasteiger partial charge is 0.504 e. The zero-order valence-corrected chi connectivity index (χ0v) is 6.14. The van der Waals surface area contributed by atoms with Crippen LogP contribution in [-0.2, 0) is 9.53 Å². The van der Waals surface area contributed by atoms with Crippen LogP contribution in [0.4, 0.5) is 0 Å². The second kappa shape index (κ2) is 2.49. The van der Waals surface area contributed by atoms with Crippen molar-refractivity contribution in [2.75, 3.05) is 13.2 Å². The van der Waals surface area contributed by atoms with Crippen LogP contribution in [0, 0.1) is 0 Å². The number of aliphatic hydroxyl groups is 1. The Balaban J connectivity index is 2.84. The van der Waals surface area contributed by atoms with E-state index in [1.165, 1.54) is 0 Å². The Hall–Kier alpha value is -0.350. The lowest BCUT2D eigenvalue weighted by Crippen LogP contribution is -2.19. The van der Waals surface area contributed by atoms with Crippen LogP contribution < -0.4 is 0 Å². The highest BCUT2D eigenvalue weighted by atomic mass is 79.9. The molecule has 0 unspecified atom stereocenters. The molecule has 0 aliphatic carbocycles. The van der Waals surface area contributed by atoms with Crippen LogP contribution in [0.3, 0.4) is 0 Å². The third-order valence-electron chi connectivity index (χ3n) is 0.983. The van der Waals surface area contributed by atoms with E-state index in [0.29, 0.717) is 4.48 Å². The first-order chi connectivity index (χ1) is 4.22. The molecule has 1 aliphatic rings. The summed E-state index contributed by atoms with van der Waals surface area (Å²) in [5.74, 6) is -0.575. The molecule has 0 aromatic rings. The summed E-state index contributed by atoms with van der Waals surface area (Å²) in [5, 5.41) is 8.85. The van der Waals surface area contributed by atoms with Crippen molar-refractivity contribution in [2.45, 2.75) is 0 Å². The number of ether oxygens (including phenoxy) is 1. The summed E-state index contributed by atoms with van der Waals surface area (Å²) in [5.41, 5.74) is 0. The average molecular weight is 193 g/mol. The summed E-state index contributed by atoms with van der Waals surface area (Å²) in [4.78, 5) is 10.5. The van der Waals surface area contributed by atoms with E-state index in [4.69, 9.17) is 9.84 Å². The molecule has 1 aliphatic heterocycles. The van der Waals surface area contributed by atoms with Crippen molar-refractivity contribution in [2.24, 2.45) is 0 Å². The van der Waals surface area contributed by atoms with Gasteiger partial charge in [0, 0.05) is 0 Å². The molecule has 0 saturated heterocycles. The van der Waals surface area contributed by atoms with Gasteiger partial charge >= 0.3 is 0 Å². The molecule has 1 rings (SSSR count). The van der Waals surface area contributed by atoms with Gasteiger partial charge in [-0.15, -0.1) is 0 Å². The van der Waals surface area contributed by atoms with E-state index in [9.17, 15) is 4.79 Å². The minimum Gasteiger partial charge on any atom is -0.504 e. The second-order valence-electron chi connectivity index (χ2n) is 1.67. The fourth-order valence-corrected chi connectivity index (χ4v) is 0.904. The van der Waals surface area contributed by atoms with E-state index in [-0.39, 0.29) is 24.8 Å². The molecular weight excluding hydrogens is 188 g/mol. The van der Waals surface area contributed by atoms with Gasteiger partial charge in [-0.05, 0) is 15.9 Å². The molecule has 1 heterocycles. The molecule has 0 radical (unpaired) electrons. The quantitative estimate of drug-likeness (QED) is 0.617. The lowest BCUT2D eigenvalue weighted by molar-refractivity contribution is -0.123. The average Bonchev–Trinajstić information content (AvgIpc) is 1.83. The lowest BCUT2D eigenvalue weighted by Gasteiger charge is -2.09. The molecule has 3 nitrogen and oxygen atoms in total. The molecule has 0 saturated carbocycles. The summed E-state index contributed by atoms with van der Waals surface area (Å²) in [6, 6.07) is 0. The third-order valence-corrected chi connectivity index (χ3v) is 1.59. The Labute approximate surface area is 60.4 Å². The van der Waals surface area contributed by atoms with Gasteiger partial charge in [0.2, 0.25) is 5.78 Å². The van der Waals surface area contributed by atoms with Crippen molar-refractivity contribution < 1.29 is 14.6 Å². The van der Waals surface area contributed by atoms with Gasteiger partial charge in [-0.3, -0.25) is 4.79 Å². The van der Waals surface area contributed by atoms with E-state index in [1.54, 1.807) is 0 Å². The van der Waals surface area contributed by atoms with Gasteiger partial charge in [0.15, 0.2) is 5.76 Å². The summed E-state index contributed by atoms with van der Waals surface area (Å²) in [7, 11) is 0. The number of hydrogen-bond donors (Lipinski definition) is 1. The van der Waals surface area contributed by atoms with Crippen molar-refractivity contribution in [1.29, 1.82) is 0 Å². The Morgan fingerprint density at radius 2 is 2.22 bits per heavy atom. The van der Waals surface area contributed by atoms with E-state index < -0.39 is 0 Å². The number of carbonyl (C=O) groups excluding carboxylic acids is 1. The Bertz CT molecular complexity index is 173. The van der Waals surface area contributed by atoms with Crippen LogP contribution in [0.1, 0.15) is 0 Å². The topological polar surface area (TPSA) is 46.5 Å². The molecule has 0 atom stereocenters. The fourth-order valence-electron chi connectivity index (χ4n) is 0.521. The number of hydrogen-bond acceptors (Lipinski definition) is 3.